The maximum atomic E-state index is 6.08. The van der Waals surface area contributed by atoms with Crippen LogP contribution >= 0.6 is 11.6 Å². The van der Waals surface area contributed by atoms with Gasteiger partial charge in [0.2, 0.25) is 0 Å². The van der Waals surface area contributed by atoms with Crippen molar-refractivity contribution in [2.75, 3.05) is 52.5 Å². The molecule has 0 radical (unpaired) electrons. The van der Waals surface area contributed by atoms with Crippen molar-refractivity contribution in [2.24, 2.45) is 4.99 Å². The average Bonchev–Trinajstić information content (AvgIpc) is 2.65. The Morgan fingerprint density at radius 2 is 2.08 bits per heavy atom. The molecule has 1 aromatic carbocycles. The second-order valence-electron chi connectivity index (χ2n) is 5.92. The third-order valence-corrected chi connectivity index (χ3v) is 4.33. The van der Waals surface area contributed by atoms with Crippen molar-refractivity contribution in [3.05, 3.63) is 29.3 Å². The van der Waals surface area contributed by atoms with Crippen LogP contribution in [0, 0.1) is 0 Å². The summed E-state index contributed by atoms with van der Waals surface area (Å²) in [5.41, 5.74) is 0. The van der Waals surface area contributed by atoms with Crippen LogP contribution < -0.4 is 15.4 Å². The van der Waals surface area contributed by atoms with Gasteiger partial charge in [-0.05, 0) is 26.0 Å². The smallest absolute Gasteiger partial charge is 0.191 e. The minimum atomic E-state index is 0.402. The highest BCUT2D eigenvalue weighted by Crippen LogP contribution is 2.22. The van der Waals surface area contributed by atoms with Gasteiger partial charge in [0, 0.05) is 25.7 Å². The Hall–Kier alpha value is -1.50. The number of nitrogens with one attached hydrogen (secondary N) is 2. The number of para-hydroxylation sites is 1. The molecule has 25 heavy (non-hydrogen) atoms. The normalized spacial score (nSPS) is 17.2. The summed E-state index contributed by atoms with van der Waals surface area (Å²) in [7, 11) is 0. The lowest BCUT2D eigenvalue weighted by molar-refractivity contribution is 0.0220. The number of ether oxygens (including phenoxy) is 2. The van der Waals surface area contributed by atoms with E-state index in [0.717, 1.165) is 45.4 Å². The molecule has 1 atom stereocenters. The maximum absolute atomic E-state index is 6.08. The Morgan fingerprint density at radius 3 is 2.80 bits per heavy atom. The molecule has 0 bridgehead atoms. The molecule has 1 aromatic rings. The molecular weight excluding hydrogens is 340 g/mol. The number of rotatable bonds is 8. The lowest BCUT2D eigenvalue weighted by Crippen LogP contribution is -2.44. The van der Waals surface area contributed by atoms with E-state index in [-0.39, 0.29) is 0 Å². The summed E-state index contributed by atoms with van der Waals surface area (Å²) in [6.45, 7) is 10.6. The van der Waals surface area contributed by atoms with Gasteiger partial charge in [-0.1, -0.05) is 23.7 Å². The van der Waals surface area contributed by atoms with E-state index >= 15 is 0 Å². The highest BCUT2D eigenvalue weighted by molar-refractivity contribution is 6.32. The minimum absolute atomic E-state index is 0.402. The van der Waals surface area contributed by atoms with E-state index in [4.69, 9.17) is 21.1 Å². The Kier molecular flexibility index (Phi) is 8.86. The number of aliphatic imine (C=N–C) groups is 1. The Balaban J connectivity index is 1.74. The van der Waals surface area contributed by atoms with Crippen molar-refractivity contribution in [1.82, 2.24) is 15.5 Å². The Labute approximate surface area is 155 Å². The van der Waals surface area contributed by atoms with E-state index in [0.29, 0.717) is 30.0 Å². The van der Waals surface area contributed by atoms with E-state index in [1.54, 1.807) is 0 Å². The van der Waals surface area contributed by atoms with Crippen LogP contribution in [0.4, 0.5) is 0 Å². The van der Waals surface area contributed by atoms with Crippen LogP contribution in [-0.4, -0.2) is 69.4 Å². The zero-order valence-corrected chi connectivity index (χ0v) is 15.9. The molecule has 1 unspecified atom stereocenters. The predicted octanol–water partition coefficient (Wildman–Crippen LogP) is 1.99. The van der Waals surface area contributed by atoms with Crippen LogP contribution in [0.15, 0.2) is 29.3 Å². The lowest BCUT2D eigenvalue weighted by Gasteiger charge is -2.31. The first-order valence-corrected chi connectivity index (χ1v) is 9.29. The molecule has 1 heterocycles. The number of hydrogen-bond acceptors (Lipinski definition) is 4. The maximum Gasteiger partial charge on any atom is 0.191 e. The van der Waals surface area contributed by atoms with Crippen molar-refractivity contribution >= 4 is 17.6 Å². The van der Waals surface area contributed by atoms with E-state index in [9.17, 15) is 0 Å². The van der Waals surface area contributed by atoms with Gasteiger partial charge in [0.1, 0.15) is 12.4 Å². The fourth-order valence-corrected chi connectivity index (χ4v) is 2.78. The lowest BCUT2D eigenvalue weighted by atomic mass is 10.2. The standard InChI is InChI=1S/C18H29ClN4O2/c1-3-20-18(22-14-15(2)23-9-12-24-13-10-23)21-8-11-25-17-7-5-4-6-16(17)19/h4-7,15H,3,8-14H2,1-2H3,(H2,20,21,22). The molecule has 7 heteroatoms. The largest absolute Gasteiger partial charge is 0.490 e. The number of halogens is 1. The molecule has 0 spiro atoms. The molecule has 2 N–H and O–H groups in total. The molecule has 0 amide bonds. The van der Waals surface area contributed by atoms with Gasteiger partial charge in [-0.15, -0.1) is 0 Å². The monoisotopic (exact) mass is 368 g/mol. The molecule has 1 fully saturated rings. The molecule has 2 rings (SSSR count). The van der Waals surface area contributed by atoms with Crippen LogP contribution in [0.3, 0.4) is 0 Å². The van der Waals surface area contributed by atoms with Crippen LogP contribution in [0.5, 0.6) is 5.75 Å². The summed E-state index contributed by atoms with van der Waals surface area (Å²) in [6.07, 6.45) is 0. The summed E-state index contributed by atoms with van der Waals surface area (Å²) in [6, 6.07) is 7.89. The first-order valence-electron chi connectivity index (χ1n) is 8.92. The summed E-state index contributed by atoms with van der Waals surface area (Å²) < 4.78 is 11.1. The van der Waals surface area contributed by atoms with Crippen LogP contribution in [0.25, 0.3) is 0 Å². The number of nitrogens with zero attached hydrogens (tertiary/aromatic N) is 2. The van der Waals surface area contributed by atoms with Crippen LogP contribution in [-0.2, 0) is 4.74 Å². The van der Waals surface area contributed by atoms with Gasteiger partial charge in [-0.3, -0.25) is 9.89 Å². The third-order valence-electron chi connectivity index (χ3n) is 4.02. The quantitative estimate of drug-likeness (QED) is 0.417. The van der Waals surface area contributed by atoms with Gasteiger partial charge in [0.25, 0.3) is 0 Å². The van der Waals surface area contributed by atoms with Gasteiger partial charge >= 0.3 is 0 Å². The fourth-order valence-electron chi connectivity index (χ4n) is 2.59. The minimum Gasteiger partial charge on any atom is -0.490 e. The van der Waals surface area contributed by atoms with E-state index in [1.165, 1.54) is 0 Å². The van der Waals surface area contributed by atoms with Gasteiger partial charge in [0.05, 0.1) is 31.3 Å². The number of hydrogen-bond donors (Lipinski definition) is 2. The zero-order valence-electron chi connectivity index (χ0n) is 15.1. The van der Waals surface area contributed by atoms with E-state index in [1.807, 2.05) is 24.3 Å². The van der Waals surface area contributed by atoms with E-state index < -0.39 is 0 Å². The third kappa shape index (κ3) is 7.10. The highest BCUT2D eigenvalue weighted by atomic mass is 35.5. The summed E-state index contributed by atoms with van der Waals surface area (Å²) in [4.78, 5) is 7.09. The highest BCUT2D eigenvalue weighted by Gasteiger charge is 2.16. The fraction of sp³-hybridized carbons (Fsp3) is 0.611. The zero-order chi connectivity index (χ0) is 17.9. The van der Waals surface area contributed by atoms with E-state index in [2.05, 4.69) is 34.4 Å². The summed E-state index contributed by atoms with van der Waals surface area (Å²) >= 11 is 6.08. The molecule has 1 aliphatic rings. The number of morpholine rings is 1. The SMILES string of the molecule is CCNC(=NCC(C)N1CCOCC1)NCCOc1ccccc1Cl. The number of benzene rings is 1. The van der Waals surface area contributed by atoms with Crippen LogP contribution in [0.1, 0.15) is 13.8 Å². The van der Waals surface area contributed by atoms with Gasteiger partial charge < -0.3 is 20.1 Å². The van der Waals surface area contributed by atoms with Crippen molar-refractivity contribution in [3.63, 3.8) is 0 Å². The Morgan fingerprint density at radius 1 is 1.32 bits per heavy atom. The van der Waals surface area contributed by atoms with Gasteiger partial charge in [-0.2, -0.15) is 0 Å². The van der Waals surface area contributed by atoms with Crippen molar-refractivity contribution in [3.8, 4) is 5.75 Å². The molecule has 0 aliphatic carbocycles. The average molecular weight is 369 g/mol. The molecule has 0 saturated carbocycles. The summed E-state index contributed by atoms with van der Waals surface area (Å²) in [5, 5.41) is 7.19. The van der Waals surface area contributed by atoms with Gasteiger partial charge in [-0.25, -0.2) is 0 Å². The number of guanidine groups is 1. The predicted molar refractivity (Wildman–Crippen MR) is 103 cm³/mol. The topological polar surface area (TPSA) is 58.1 Å². The second kappa shape index (κ2) is 11.2. The molecule has 140 valence electrons. The molecule has 1 aliphatic heterocycles. The molecule has 0 aromatic heterocycles. The molecule has 6 nitrogen and oxygen atoms in total. The Bertz CT molecular complexity index is 536. The summed E-state index contributed by atoms with van der Waals surface area (Å²) in [5.74, 6) is 1.51. The van der Waals surface area contributed by atoms with Crippen molar-refractivity contribution in [2.45, 2.75) is 19.9 Å². The van der Waals surface area contributed by atoms with Crippen molar-refractivity contribution < 1.29 is 9.47 Å². The van der Waals surface area contributed by atoms with Crippen LogP contribution in [0.2, 0.25) is 5.02 Å². The first-order chi connectivity index (χ1) is 12.2. The molecular formula is C18H29ClN4O2. The first kappa shape index (κ1) is 19.8. The van der Waals surface area contributed by atoms with Gasteiger partial charge in [0.15, 0.2) is 5.96 Å². The second-order valence-corrected chi connectivity index (χ2v) is 6.33. The molecule has 1 saturated heterocycles. The van der Waals surface area contributed by atoms with Crippen molar-refractivity contribution in [1.29, 1.82) is 0 Å².